The van der Waals surface area contributed by atoms with Crippen LogP contribution >= 0.6 is 0 Å². The lowest BCUT2D eigenvalue weighted by atomic mass is 10.0. The molecule has 5 rings (SSSR count). The SMILES string of the molecule is Cc1cn(-c2ccc3n(c2=O)CCN(C(C)c2c[nH]c4ccc(C(F)(F)F)cc24)C3=O)cn1. The van der Waals surface area contributed by atoms with E-state index in [0.29, 0.717) is 22.2 Å². The highest BCUT2D eigenvalue weighted by Crippen LogP contribution is 2.35. The standard InChI is InChI=1S/C23H20F3N5O2/c1-13-11-29(12-28-13)19-5-6-20-22(33)30(7-8-31(20)21(19)32)14(2)17-10-27-18-4-3-15(9-16(17)18)23(24,25)26/h3-6,9-12,14,27H,7-8H2,1-2H3. The maximum Gasteiger partial charge on any atom is 0.416 e. The van der Waals surface area contributed by atoms with Gasteiger partial charge in [0.1, 0.15) is 11.4 Å². The van der Waals surface area contributed by atoms with Crippen LogP contribution in [0.25, 0.3) is 16.6 Å². The van der Waals surface area contributed by atoms with Crippen molar-refractivity contribution in [2.45, 2.75) is 32.6 Å². The lowest BCUT2D eigenvalue weighted by molar-refractivity contribution is -0.137. The van der Waals surface area contributed by atoms with Gasteiger partial charge in [-0.05, 0) is 49.7 Å². The average Bonchev–Trinajstić information content (AvgIpc) is 3.39. The molecule has 1 aliphatic heterocycles. The van der Waals surface area contributed by atoms with Crippen molar-refractivity contribution in [3.63, 3.8) is 0 Å². The minimum absolute atomic E-state index is 0.245. The van der Waals surface area contributed by atoms with E-state index in [1.807, 2.05) is 6.92 Å². The smallest absolute Gasteiger partial charge is 0.361 e. The molecule has 3 aromatic heterocycles. The summed E-state index contributed by atoms with van der Waals surface area (Å²) in [6, 6.07) is 6.22. The molecule has 0 radical (unpaired) electrons. The molecule has 10 heteroatoms. The number of halogens is 3. The fraction of sp³-hybridized carbons (Fsp3) is 0.261. The number of amides is 1. The number of alkyl halides is 3. The zero-order valence-corrected chi connectivity index (χ0v) is 17.8. The minimum atomic E-state index is -4.46. The molecule has 0 fully saturated rings. The highest BCUT2D eigenvalue weighted by Gasteiger charge is 2.33. The fourth-order valence-electron chi connectivity index (χ4n) is 4.38. The van der Waals surface area contributed by atoms with Crippen molar-refractivity contribution in [2.24, 2.45) is 0 Å². The quantitative estimate of drug-likeness (QED) is 0.506. The van der Waals surface area contributed by atoms with Crippen LogP contribution in [0.1, 0.15) is 40.3 Å². The topological polar surface area (TPSA) is 75.9 Å². The van der Waals surface area contributed by atoms with E-state index < -0.39 is 17.8 Å². The van der Waals surface area contributed by atoms with E-state index in [1.165, 1.54) is 10.6 Å². The van der Waals surface area contributed by atoms with E-state index in [2.05, 4.69) is 9.97 Å². The van der Waals surface area contributed by atoms with Gasteiger partial charge in [-0.15, -0.1) is 0 Å². The van der Waals surface area contributed by atoms with Gasteiger partial charge in [0.2, 0.25) is 0 Å². The summed E-state index contributed by atoms with van der Waals surface area (Å²) in [7, 11) is 0. The Hall–Kier alpha value is -3.82. The van der Waals surface area contributed by atoms with Crippen molar-refractivity contribution in [2.75, 3.05) is 6.54 Å². The molecule has 1 N–H and O–H groups in total. The number of rotatable bonds is 3. The second-order valence-electron chi connectivity index (χ2n) is 8.16. The molecule has 4 heterocycles. The number of pyridine rings is 1. The summed E-state index contributed by atoms with van der Waals surface area (Å²) in [5, 5.41) is 0.416. The number of carbonyl (C=O) groups is 1. The number of nitrogens with one attached hydrogen (secondary N) is 1. The molecule has 1 aliphatic rings. The Morgan fingerprint density at radius 2 is 1.91 bits per heavy atom. The van der Waals surface area contributed by atoms with Crippen LogP contribution in [-0.2, 0) is 12.7 Å². The van der Waals surface area contributed by atoms with Gasteiger partial charge in [0, 0.05) is 36.4 Å². The largest absolute Gasteiger partial charge is 0.416 e. The third kappa shape index (κ3) is 3.42. The van der Waals surface area contributed by atoms with E-state index in [0.717, 1.165) is 17.8 Å². The summed E-state index contributed by atoms with van der Waals surface area (Å²) in [6.07, 6.45) is 0.451. The Morgan fingerprint density at radius 3 is 2.61 bits per heavy atom. The fourth-order valence-corrected chi connectivity index (χ4v) is 4.38. The molecule has 0 saturated carbocycles. The number of aromatic amines is 1. The molecule has 1 aromatic carbocycles. The van der Waals surface area contributed by atoms with Crippen molar-refractivity contribution in [1.82, 2.24) is 24.0 Å². The van der Waals surface area contributed by atoms with Gasteiger partial charge in [-0.1, -0.05) is 0 Å². The number of H-pyrrole nitrogens is 1. The van der Waals surface area contributed by atoms with Crippen LogP contribution in [0.3, 0.4) is 0 Å². The summed E-state index contributed by atoms with van der Waals surface area (Å²) in [5.74, 6) is -0.347. The molecule has 0 spiro atoms. The van der Waals surface area contributed by atoms with Crippen molar-refractivity contribution in [1.29, 1.82) is 0 Å². The highest BCUT2D eigenvalue weighted by molar-refractivity contribution is 5.94. The van der Waals surface area contributed by atoms with Crippen LogP contribution < -0.4 is 5.56 Å². The molecule has 0 saturated heterocycles. The first-order valence-corrected chi connectivity index (χ1v) is 10.4. The van der Waals surface area contributed by atoms with Crippen LogP contribution in [-0.4, -0.2) is 36.5 Å². The summed E-state index contributed by atoms with van der Waals surface area (Å²) in [6.45, 7) is 4.13. The van der Waals surface area contributed by atoms with Crippen molar-refractivity contribution < 1.29 is 18.0 Å². The molecule has 0 bridgehead atoms. The van der Waals surface area contributed by atoms with Crippen LogP contribution in [0, 0.1) is 6.92 Å². The van der Waals surface area contributed by atoms with E-state index >= 15 is 0 Å². The molecule has 1 amide bonds. The zero-order chi connectivity index (χ0) is 23.5. The Kier molecular flexibility index (Phi) is 4.70. The van der Waals surface area contributed by atoms with Gasteiger partial charge in [0.25, 0.3) is 11.5 Å². The summed E-state index contributed by atoms with van der Waals surface area (Å²) < 4.78 is 42.7. The third-order valence-corrected chi connectivity index (χ3v) is 6.15. The Balaban J connectivity index is 1.50. The van der Waals surface area contributed by atoms with E-state index in [4.69, 9.17) is 0 Å². The lowest BCUT2D eigenvalue weighted by Crippen LogP contribution is -2.45. The minimum Gasteiger partial charge on any atom is -0.361 e. The molecule has 4 aromatic rings. The molecular formula is C23H20F3N5O2. The predicted molar refractivity (Wildman–Crippen MR) is 115 cm³/mol. The number of benzene rings is 1. The van der Waals surface area contributed by atoms with Gasteiger partial charge in [-0.3, -0.25) is 9.59 Å². The molecule has 7 nitrogen and oxygen atoms in total. The summed E-state index contributed by atoms with van der Waals surface area (Å²) in [5.41, 5.74) is 1.51. The molecule has 1 atom stereocenters. The number of hydrogen-bond acceptors (Lipinski definition) is 3. The van der Waals surface area contributed by atoms with Crippen LogP contribution in [0.4, 0.5) is 13.2 Å². The van der Waals surface area contributed by atoms with Gasteiger partial charge >= 0.3 is 6.18 Å². The first-order valence-electron chi connectivity index (χ1n) is 10.4. The van der Waals surface area contributed by atoms with Gasteiger partial charge in [-0.25, -0.2) is 4.98 Å². The number of carbonyl (C=O) groups excluding carboxylic acids is 1. The van der Waals surface area contributed by atoms with Crippen LogP contribution in [0.15, 0.2) is 53.8 Å². The lowest BCUT2D eigenvalue weighted by Gasteiger charge is -2.34. The normalized spacial score (nSPS) is 15.2. The summed E-state index contributed by atoms with van der Waals surface area (Å²) in [4.78, 5) is 35.0. The van der Waals surface area contributed by atoms with E-state index in [9.17, 15) is 22.8 Å². The first-order chi connectivity index (χ1) is 15.6. The van der Waals surface area contributed by atoms with Crippen molar-refractivity contribution in [3.05, 3.63) is 81.9 Å². The van der Waals surface area contributed by atoms with Gasteiger partial charge in [0.15, 0.2) is 0 Å². The second-order valence-corrected chi connectivity index (χ2v) is 8.16. The number of imidazole rings is 1. The van der Waals surface area contributed by atoms with E-state index in [1.54, 1.807) is 47.2 Å². The van der Waals surface area contributed by atoms with Crippen LogP contribution in [0.2, 0.25) is 0 Å². The zero-order valence-electron chi connectivity index (χ0n) is 17.8. The molecule has 33 heavy (non-hydrogen) atoms. The monoisotopic (exact) mass is 455 g/mol. The highest BCUT2D eigenvalue weighted by atomic mass is 19.4. The molecule has 1 unspecified atom stereocenters. The predicted octanol–water partition coefficient (Wildman–Crippen LogP) is 4.06. The number of hydrogen-bond donors (Lipinski definition) is 1. The number of aromatic nitrogens is 4. The first kappa shape index (κ1) is 21.0. The van der Waals surface area contributed by atoms with Crippen molar-refractivity contribution in [3.8, 4) is 5.69 Å². The average molecular weight is 455 g/mol. The third-order valence-electron chi connectivity index (χ3n) is 6.15. The van der Waals surface area contributed by atoms with Gasteiger partial charge < -0.3 is 19.0 Å². The molecule has 0 aliphatic carbocycles. The number of aryl methyl sites for hydroxylation is 1. The van der Waals surface area contributed by atoms with E-state index in [-0.39, 0.29) is 30.2 Å². The van der Waals surface area contributed by atoms with Gasteiger partial charge in [0.05, 0.1) is 23.6 Å². The van der Waals surface area contributed by atoms with Gasteiger partial charge in [-0.2, -0.15) is 13.2 Å². The number of nitrogens with zero attached hydrogens (tertiary/aromatic N) is 4. The molecular weight excluding hydrogens is 435 g/mol. The maximum absolute atomic E-state index is 13.3. The van der Waals surface area contributed by atoms with Crippen LogP contribution in [0.5, 0.6) is 0 Å². The Labute approximate surface area is 186 Å². The Morgan fingerprint density at radius 1 is 1.12 bits per heavy atom. The number of fused-ring (bicyclic) bond motifs is 2. The van der Waals surface area contributed by atoms with Crippen molar-refractivity contribution >= 4 is 16.8 Å². The molecule has 170 valence electrons. The Bertz CT molecular complexity index is 1450. The maximum atomic E-state index is 13.3. The second kappa shape index (κ2) is 7.36. The summed E-state index contributed by atoms with van der Waals surface area (Å²) >= 11 is 0.